The molecule has 2 heteroatoms. The largest absolute Gasteiger partial charge is 0.177 e. The second-order valence-corrected chi connectivity index (χ2v) is 2.14. The van der Waals surface area contributed by atoms with Crippen molar-refractivity contribution >= 4 is 20.5 Å². The molecule has 0 nitrogen and oxygen atoms in total. The van der Waals surface area contributed by atoms with Crippen molar-refractivity contribution in [2.75, 3.05) is 0 Å². The van der Waals surface area contributed by atoms with E-state index in [0.29, 0.717) is 5.25 Å². The maximum absolute atomic E-state index is 4.10. The molecule has 0 aliphatic heterocycles. The van der Waals surface area contributed by atoms with Gasteiger partial charge in [-0.3, -0.25) is 0 Å². The molecule has 0 rings (SSSR count). The average Bonchev–Trinajstić information content (AvgIpc) is 1.38. The van der Waals surface area contributed by atoms with Gasteiger partial charge in [0, 0.05) is 0 Å². The fraction of sp³-hybridized carbons (Fsp3) is 1.00. The lowest BCUT2D eigenvalue weighted by Crippen LogP contribution is -1.84. The van der Waals surface area contributed by atoms with Crippen LogP contribution in [0.1, 0.15) is 6.92 Å². The molecule has 0 bridgehead atoms. The zero-order valence-corrected chi connectivity index (χ0v) is 4.63. The van der Waals surface area contributed by atoms with Crippen molar-refractivity contribution in [1.82, 2.24) is 0 Å². The van der Waals surface area contributed by atoms with E-state index in [-0.39, 0.29) is 0 Å². The molecule has 0 radical (unpaired) electrons. The summed E-state index contributed by atoms with van der Waals surface area (Å²) in [6, 6.07) is 0. The SMILES string of the molecule is BC[C@@H](C)S. The Morgan fingerprint density at radius 2 is 2.20 bits per heavy atom. The van der Waals surface area contributed by atoms with E-state index in [1.165, 1.54) is 6.32 Å². The predicted octanol–water partition coefficient (Wildman–Crippen LogP) is 0.356. The Labute approximate surface area is 39.8 Å². The lowest BCUT2D eigenvalue weighted by Gasteiger charge is -1.89. The van der Waals surface area contributed by atoms with Crippen LogP contribution < -0.4 is 0 Å². The highest BCUT2D eigenvalue weighted by molar-refractivity contribution is 7.81. The molecule has 5 heavy (non-hydrogen) atoms. The van der Waals surface area contributed by atoms with Crippen molar-refractivity contribution in [1.29, 1.82) is 0 Å². The van der Waals surface area contributed by atoms with E-state index in [2.05, 4.69) is 27.4 Å². The van der Waals surface area contributed by atoms with Crippen LogP contribution in [0.15, 0.2) is 0 Å². The molecule has 0 saturated heterocycles. The topological polar surface area (TPSA) is 0 Å². The molecule has 0 aromatic heterocycles. The second-order valence-electron chi connectivity index (χ2n) is 1.26. The zero-order chi connectivity index (χ0) is 4.28. The summed E-state index contributed by atoms with van der Waals surface area (Å²) in [5, 5.41) is 0.579. The molecule has 0 unspecified atom stereocenters. The van der Waals surface area contributed by atoms with Crippen LogP contribution in [0, 0.1) is 0 Å². The van der Waals surface area contributed by atoms with Gasteiger partial charge in [-0.05, 0) is 5.25 Å². The minimum absolute atomic E-state index is 0.579. The van der Waals surface area contributed by atoms with Gasteiger partial charge in [0.25, 0.3) is 0 Å². The first kappa shape index (κ1) is 5.41. The molecule has 0 N–H and O–H groups in total. The van der Waals surface area contributed by atoms with Crippen molar-refractivity contribution in [3.05, 3.63) is 0 Å². The smallest absolute Gasteiger partial charge is 0.102 e. The first-order chi connectivity index (χ1) is 2.27. The van der Waals surface area contributed by atoms with Gasteiger partial charge in [-0.2, -0.15) is 12.6 Å². The zero-order valence-electron chi connectivity index (χ0n) is 3.73. The Balaban J connectivity index is 2.54. The van der Waals surface area contributed by atoms with Crippen LogP contribution in [0.4, 0.5) is 0 Å². The van der Waals surface area contributed by atoms with Gasteiger partial charge in [-0.1, -0.05) is 13.2 Å². The minimum Gasteiger partial charge on any atom is -0.177 e. The summed E-state index contributed by atoms with van der Waals surface area (Å²) in [6.45, 7) is 2.09. The van der Waals surface area contributed by atoms with Gasteiger partial charge < -0.3 is 0 Å². The van der Waals surface area contributed by atoms with Crippen LogP contribution in [0.2, 0.25) is 6.32 Å². The maximum Gasteiger partial charge on any atom is 0.102 e. The Bertz CT molecular complexity index is 20.9. The molecule has 1 atom stereocenters. The Hall–Kier alpha value is 0.415. The molecular weight excluding hydrogens is 78.9 g/mol. The third-order valence-electron chi connectivity index (χ3n) is 0.591. The van der Waals surface area contributed by atoms with Crippen molar-refractivity contribution < 1.29 is 0 Å². The van der Waals surface area contributed by atoms with E-state index < -0.39 is 0 Å². The molecule has 0 aliphatic rings. The Morgan fingerprint density at radius 3 is 2.20 bits per heavy atom. The molecule has 30 valence electrons. The van der Waals surface area contributed by atoms with Gasteiger partial charge in [0.15, 0.2) is 0 Å². The predicted molar refractivity (Wildman–Crippen MR) is 31.8 cm³/mol. The highest BCUT2D eigenvalue weighted by atomic mass is 32.1. The molecule has 0 heterocycles. The minimum atomic E-state index is 0.579. The standard InChI is InChI=1S/C3H9BS/c1-3(5)2-4/h3,5H,2,4H2,1H3/t3-/m1/s1. The van der Waals surface area contributed by atoms with Crippen LogP contribution >= 0.6 is 12.6 Å². The van der Waals surface area contributed by atoms with E-state index in [0.717, 1.165) is 0 Å². The first-order valence-corrected chi connectivity index (χ1v) is 2.47. The number of hydrogen-bond acceptors (Lipinski definition) is 1. The summed E-state index contributed by atoms with van der Waals surface area (Å²) in [6.07, 6.45) is 1.17. The lowest BCUT2D eigenvalue weighted by molar-refractivity contribution is 1.12. The number of thiol groups is 1. The first-order valence-electron chi connectivity index (χ1n) is 1.95. The fourth-order valence-corrected chi connectivity index (χ4v) is 0. The molecule has 0 amide bonds. The lowest BCUT2D eigenvalue weighted by atomic mass is 10.0. The third-order valence-corrected chi connectivity index (χ3v) is 0.956. The fourth-order valence-electron chi connectivity index (χ4n) is 0. The molecule has 0 saturated carbocycles. The highest BCUT2D eigenvalue weighted by Crippen LogP contribution is 1.93. The summed E-state index contributed by atoms with van der Waals surface area (Å²) in [4.78, 5) is 0. The van der Waals surface area contributed by atoms with E-state index in [4.69, 9.17) is 0 Å². The normalized spacial score (nSPS) is 14.8. The van der Waals surface area contributed by atoms with Gasteiger partial charge in [0.1, 0.15) is 7.85 Å². The Morgan fingerprint density at radius 1 is 2.00 bits per heavy atom. The molecule has 0 fully saturated rings. The summed E-state index contributed by atoms with van der Waals surface area (Å²) in [5.74, 6) is 0. The van der Waals surface area contributed by atoms with Crippen LogP contribution in [0.3, 0.4) is 0 Å². The van der Waals surface area contributed by atoms with E-state index >= 15 is 0 Å². The number of hydrogen-bond donors (Lipinski definition) is 1. The second kappa shape index (κ2) is 2.64. The molecular formula is C3H9BS. The highest BCUT2D eigenvalue weighted by Gasteiger charge is 1.81. The molecule has 0 aromatic rings. The average molecular weight is 88.0 g/mol. The summed E-state index contributed by atoms with van der Waals surface area (Å²) >= 11 is 4.10. The monoisotopic (exact) mass is 88.1 g/mol. The number of rotatable bonds is 1. The van der Waals surface area contributed by atoms with Gasteiger partial charge in [0.05, 0.1) is 0 Å². The van der Waals surface area contributed by atoms with Crippen molar-refractivity contribution in [3.63, 3.8) is 0 Å². The Kier molecular flexibility index (Phi) is 2.86. The quantitative estimate of drug-likeness (QED) is 0.347. The maximum atomic E-state index is 4.10. The van der Waals surface area contributed by atoms with Crippen molar-refractivity contribution in [2.24, 2.45) is 0 Å². The molecule has 0 aliphatic carbocycles. The van der Waals surface area contributed by atoms with Crippen molar-refractivity contribution in [2.45, 2.75) is 18.5 Å². The van der Waals surface area contributed by atoms with Gasteiger partial charge in [0.2, 0.25) is 0 Å². The van der Waals surface area contributed by atoms with Crippen LogP contribution in [-0.2, 0) is 0 Å². The molecule has 0 aromatic carbocycles. The van der Waals surface area contributed by atoms with E-state index in [1.54, 1.807) is 0 Å². The van der Waals surface area contributed by atoms with Crippen LogP contribution in [0.25, 0.3) is 0 Å². The summed E-state index contributed by atoms with van der Waals surface area (Å²) in [7, 11) is 2.12. The third kappa shape index (κ3) is 4.41. The van der Waals surface area contributed by atoms with Crippen LogP contribution in [0.5, 0.6) is 0 Å². The van der Waals surface area contributed by atoms with Crippen molar-refractivity contribution in [3.8, 4) is 0 Å². The summed E-state index contributed by atoms with van der Waals surface area (Å²) < 4.78 is 0. The van der Waals surface area contributed by atoms with Gasteiger partial charge >= 0.3 is 0 Å². The summed E-state index contributed by atoms with van der Waals surface area (Å²) in [5.41, 5.74) is 0. The van der Waals surface area contributed by atoms with Gasteiger partial charge in [-0.15, -0.1) is 0 Å². The van der Waals surface area contributed by atoms with Gasteiger partial charge in [-0.25, -0.2) is 0 Å². The van der Waals surface area contributed by atoms with Crippen LogP contribution in [-0.4, -0.2) is 13.1 Å². The molecule has 0 spiro atoms. The van der Waals surface area contributed by atoms with E-state index in [9.17, 15) is 0 Å². The van der Waals surface area contributed by atoms with E-state index in [1.807, 2.05) is 0 Å².